The Morgan fingerprint density at radius 2 is 1.77 bits per heavy atom. The predicted molar refractivity (Wildman–Crippen MR) is 146 cm³/mol. The highest BCUT2D eigenvalue weighted by Gasteiger charge is 2.29. The molecule has 0 aliphatic rings. The number of carbonyl (C=O) groups is 2. The van der Waals surface area contributed by atoms with Gasteiger partial charge in [0.25, 0.3) is 0 Å². The molecule has 0 saturated heterocycles. The van der Waals surface area contributed by atoms with Crippen molar-refractivity contribution in [3.05, 3.63) is 33.4 Å². The van der Waals surface area contributed by atoms with E-state index >= 15 is 0 Å². The summed E-state index contributed by atoms with van der Waals surface area (Å²) in [6.45, 7) is 12.1. The van der Waals surface area contributed by atoms with Gasteiger partial charge in [0.2, 0.25) is 11.8 Å². The molecule has 0 fully saturated rings. The number of aromatic nitrogens is 2. The van der Waals surface area contributed by atoms with Crippen molar-refractivity contribution in [3.63, 3.8) is 0 Å². The lowest BCUT2D eigenvalue weighted by Gasteiger charge is -2.26. The van der Waals surface area contributed by atoms with Crippen molar-refractivity contribution < 1.29 is 19.1 Å². The normalized spacial score (nSPS) is 11.4. The molecular weight excluding hydrogens is 579 g/mol. The van der Waals surface area contributed by atoms with Gasteiger partial charge in [-0.25, -0.2) is 19.4 Å². The highest BCUT2D eigenvalue weighted by Crippen LogP contribution is 2.33. The second-order valence-electron chi connectivity index (χ2n) is 9.99. The molecule has 0 aliphatic carbocycles. The summed E-state index contributed by atoms with van der Waals surface area (Å²) in [7, 11) is -0.0161. The third kappa shape index (κ3) is 8.07. The lowest BCUT2D eigenvalue weighted by molar-refractivity contribution is 0.0587. The molecule has 0 bridgehead atoms. The Kier molecular flexibility index (Phi) is 9.07. The molecule has 0 saturated carbocycles. The number of nitrogens with two attached hydrogens (primary N) is 1. The van der Waals surface area contributed by atoms with Gasteiger partial charge >= 0.3 is 12.1 Å². The number of hydrogen-bond acceptors (Lipinski definition) is 7. The van der Waals surface area contributed by atoms with Crippen molar-refractivity contribution in [3.8, 4) is 11.9 Å². The first kappa shape index (κ1) is 28.3. The van der Waals surface area contributed by atoms with Gasteiger partial charge in [-0.2, -0.15) is 15.2 Å². The first-order chi connectivity index (χ1) is 16.1. The smallest absolute Gasteiger partial charge is 0.416 e. The van der Waals surface area contributed by atoms with Crippen molar-refractivity contribution in [2.24, 2.45) is 5.73 Å². The Balaban J connectivity index is 2.67. The number of carbonyl (C=O) groups excluding carboxylic acids is 2. The van der Waals surface area contributed by atoms with E-state index in [1.807, 2.05) is 6.07 Å². The number of ether oxygens (including phenoxy) is 2. The summed E-state index contributed by atoms with van der Waals surface area (Å²) in [4.78, 5) is 36.1. The maximum absolute atomic E-state index is 12.7. The summed E-state index contributed by atoms with van der Waals surface area (Å²) in [5, 5.41) is 9.99. The molecule has 1 aromatic carbocycles. The Morgan fingerprint density at radius 1 is 1.17 bits per heavy atom. The Labute approximate surface area is 220 Å². The molecule has 2 rings (SSSR count). The Hall–Kier alpha value is -2.92. The number of hydrogen-bond donors (Lipinski definition) is 1. The summed E-state index contributed by atoms with van der Waals surface area (Å²) in [5.74, 6) is -0.240. The van der Waals surface area contributed by atoms with E-state index in [1.54, 1.807) is 45.0 Å². The van der Waals surface area contributed by atoms with Gasteiger partial charge in [0.05, 0.1) is 12.3 Å². The number of primary amides is 1. The number of amides is 3. The molecule has 1 aromatic heterocycles. The SMILES string of the molecule is CN(C(=O)OC(C)(C)C)c1nc(OCC[Si](C)(C)C)c(C#N)c(N(C(N)=O)c2ccc(I)cc2)n1. The zero-order valence-corrected chi connectivity index (χ0v) is 24.2. The number of halogens is 1. The van der Waals surface area contributed by atoms with Crippen LogP contribution in [0.15, 0.2) is 24.3 Å². The zero-order valence-electron chi connectivity index (χ0n) is 21.0. The summed E-state index contributed by atoms with van der Waals surface area (Å²) < 4.78 is 12.3. The zero-order chi connectivity index (χ0) is 26.6. The van der Waals surface area contributed by atoms with Crippen LogP contribution in [-0.2, 0) is 4.74 Å². The van der Waals surface area contributed by atoms with Gasteiger partial charge in [-0.15, -0.1) is 0 Å². The van der Waals surface area contributed by atoms with Crippen LogP contribution in [0, 0.1) is 14.9 Å². The van der Waals surface area contributed by atoms with Crippen LogP contribution in [0.5, 0.6) is 5.88 Å². The van der Waals surface area contributed by atoms with E-state index in [4.69, 9.17) is 15.2 Å². The maximum atomic E-state index is 12.7. The number of benzene rings is 1. The van der Waals surface area contributed by atoms with Crippen molar-refractivity contribution in [2.45, 2.75) is 52.1 Å². The second kappa shape index (κ2) is 11.2. The lowest BCUT2D eigenvalue weighted by atomic mass is 10.2. The van der Waals surface area contributed by atoms with E-state index in [0.29, 0.717) is 12.3 Å². The summed E-state index contributed by atoms with van der Waals surface area (Å²) in [6.07, 6.45) is -0.707. The molecule has 2 aromatic rings. The van der Waals surface area contributed by atoms with E-state index in [-0.39, 0.29) is 23.2 Å². The minimum absolute atomic E-state index is 0.0436. The molecule has 2 N–H and O–H groups in total. The quantitative estimate of drug-likeness (QED) is 0.334. The van der Waals surface area contributed by atoms with E-state index < -0.39 is 25.8 Å². The van der Waals surface area contributed by atoms with Crippen molar-refractivity contribution in [2.75, 3.05) is 23.5 Å². The molecule has 10 nitrogen and oxygen atoms in total. The van der Waals surface area contributed by atoms with Gasteiger partial charge < -0.3 is 15.2 Å². The summed E-state index contributed by atoms with van der Waals surface area (Å²) in [5.41, 5.74) is 5.29. The predicted octanol–water partition coefficient (Wildman–Crippen LogP) is 5.26. The van der Waals surface area contributed by atoms with Gasteiger partial charge in [0.15, 0.2) is 11.4 Å². The highest BCUT2D eigenvalue weighted by atomic mass is 127. The average Bonchev–Trinajstić information content (AvgIpc) is 2.72. The average molecular weight is 611 g/mol. The Morgan fingerprint density at radius 3 is 2.26 bits per heavy atom. The summed E-state index contributed by atoms with van der Waals surface area (Å²) in [6, 6.07) is 8.93. The largest absolute Gasteiger partial charge is 0.477 e. The van der Waals surface area contributed by atoms with Crippen molar-refractivity contribution >= 4 is 60.2 Å². The molecule has 1 heterocycles. The molecule has 0 atom stereocenters. The van der Waals surface area contributed by atoms with Gasteiger partial charge in [-0.3, -0.25) is 0 Å². The fraction of sp³-hybridized carbons (Fsp3) is 0.435. The van der Waals surface area contributed by atoms with Gasteiger partial charge in [-0.1, -0.05) is 19.6 Å². The maximum Gasteiger partial charge on any atom is 0.416 e. The van der Waals surface area contributed by atoms with Gasteiger partial charge in [0, 0.05) is 18.7 Å². The monoisotopic (exact) mass is 610 g/mol. The van der Waals surface area contributed by atoms with Crippen molar-refractivity contribution in [1.82, 2.24) is 9.97 Å². The molecule has 0 aliphatic heterocycles. The number of rotatable bonds is 7. The van der Waals surface area contributed by atoms with E-state index in [1.165, 1.54) is 7.05 Å². The number of anilines is 3. The first-order valence-electron chi connectivity index (χ1n) is 10.9. The Bertz CT molecular complexity index is 1120. The third-order valence-corrected chi connectivity index (χ3v) is 6.96. The van der Waals surface area contributed by atoms with Crippen LogP contribution >= 0.6 is 22.6 Å². The molecule has 188 valence electrons. The molecule has 12 heteroatoms. The second-order valence-corrected chi connectivity index (χ2v) is 16.9. The molecular formula is C23H31IN6O4Si. The molecule has 0 radical (unpaired) electrons. The number of nitriles is 1. The van der Waals surface area contributed by atoms with E-state index in [9.17, 15) is 14.9 Å². The third-order valence-electron chi connectivity index (χ3n) is 4.53. The summed E-state index contributed by atoms with van der Waals surface area (Å²) >= 11 is 2.14. The van der Waals surface area contributed by atoms with Crippen LogP contribution in [0.25, 0.3) is 0 Å². The van der Waals surface area contributed by atoms with Crippen LogP contribution in [0.4, 0.5) is 27.0 Å². The molecule has 35 heavy (non-hydrogen) atoms. The van der Waals surface area contributed by atoms with Crippen LogP contribution in [0.3, 0.4) is 0 Å². The number of urea groups is 1. The highest BCUT2D eigenvalue weighted by molar-refractivity contribution is 14.1. The standard InChI is InChI=1S/C23H31IN6O4Si/c1-23(2,3)34-22(32)29(4)21-27-18(30(20(26)31)16-10-8-15(24)9-11-16)17(14-25)19(28-21)33-12-13-35(5,6)7/h8-11H,12-13H2,1-7H3,(H2,26,31). The first-order valence-corrected chi connectivity index (χ1v) is 15.7. The minimum Gasteiger partial charge on any atom is -0.477 e. The number of nitrogens with zero attached hydrogens (tertiary/aromatic N) is 5. The fourth-order valence-corrected chi connectivity index (χ4v) is 3.82. The topological polar surface area (TPSA) is 135 Å². The van der Waals surface area contributed by atoms with E-state index in [0.717, 1.165) is 19.4 Å². The molecule has 3 amide bonds. The van der Waals surface area contributed by atoms with Crippen molar-refractivity contribution in [1.29, 1.82) is 5.26 Å². The van der Waals surface area contributed by atoms with Crippen LogP contribution < -0.4 is 20.3 Å². The molecule has 0 unspecified atom stereocenters. The molecule has 0 spiro atoms. The van der Waals surface area contributed by atoms with E-state index in [2.05, 4.69) is 52.2 Å². The van der Waals surface area contributed by atoms with Gasteiger partial charge in [-0.05, 0) is 73.7 Å². The van der Waals surface area contributed by atoms with Gasteiger partial charge in [0.1, 0.15) is 11.7 Å². The van der Waals surface area contributed by atoms with Crippen LogP contribution in [0.2, 0.25) is 25.7 Å². The van der Waals surface area contributed by atoms with Crippen LogP contribution in [0.1, 0.15) is 26.3 Å². The fourth-order valence-electron chi connectivity index (χ4n) is 2.74. The lowest BCUT2D eigenvalue weighted by Crippen LogP contribution is -2.36. The van der Waals surface area contributed by atoms with Crippen LogP contribution in [-0.4, -0.2) is 49.4 Å². The minimum atomic E-state index is -1.45.